The fourth-order valence-electron chi connectivity index (χ4n) is 3.82. The molecule has 1 atom stereocenters. The van der Waals surface area contributed by atoms with Gasteiger partial charge in [-0.05, 0) is 31.4 Å². The number of aromatic nitrogens is 3. The van der Waals surface area contributed by atoms with Crippen LogP contribution < -0.4 is 16.3 Å². The van der Waals surface area contributed by atoms with Gasteiger partial charge in [0.15, 0.2) is 11.3 Å². The molecule has 1 aromatic carbocycles. The van der Waals surface area contributed by atoms with Gasteiger partial charge in [0.25, 0.3) is 0 Å². The number of para-hydroxylation sites is 1. The summed E-state index contributed by atoms with van der Waals surface area (Å²) in [5.41, 5.74) is 10.5. The maximum Gasteiger partial charge on any atom is 0.327 e. The molecular formula is C21H26N6O. The minimum Gasteiger partial charge on any atom is -0.368 e. The molecule has 0 unspecified atom stereocenters. The second-order valence-electron chi connectivity index (χ2n) is 7.09. The summed E-state index contributed by atoms with van der Waals surface area (Å²) >= 11 is 0. The van der Waals surface area contributed by atoms with Crippen LogP contribution in [0.4, 0.5) is 11.4 Å². The van der Waals surface area contributed by atoms with Crippen molar-refractivity contribution in [2.24, 2.45) is 5.73 Å². The van der Waals surface area contributed by atoms with Crippen LogP contribution >= 0.6 is 0 Å². The van der Waals surface area contributed by atoms with E-state index in [4.69, 9.17) is 12.3 Å². The van der Waals surface area contributed by atoms with E-state index in [1.807, 2.05) is 31.2 Å². The molecule has 2 aromatic heterocycles. The van der Waals surface area contributed by atoms with E-state index in [0.717, 1.165) is 48.4 Å². The highest BCUT2D eigenvalue weighted by Gasteiger charge is 2.22. The molecular weight excluding hydrogens is 352 g/mol. The number of aromatic amines is 1. The third-order valence-corrected chi connectivity index (χ3v) is 5.08. The highest BCUT2D eigenvalue weighted by molar-refractivity contribution is 5.87. The summed E-state index contributed by atoms with van der Waals surface area (Å²) in [4.78, 5) is 25.9. The van der Waals surface area contributed by atoms with Crippen molar-refractivity contribution in [3.63, 3.8) is 0 Å². The number of fused-ring (bicyclic) bond motifs is 1. The molecule has 0 radical (unpaired) electrons. The molecule has 0 spiro atoms. The Hall–Kier alpha value is -3.11. The molecule has 1 fully saturated rings. The Kier molecular flexibility index (Phi) is 5.52. The maximum absolute atomic E-state index is 12.7. The first-order valence-electron chi connectivity index (χ1n) is 9.13. The van der Waals surface area contributed by atoms with Gasteiger partial charge in [0.1, 0.15) is 5.52 Å². The smallest absolute Gasteiger partial charge is 0.327 e. The Labute approximate surface area is 164 Å². The van der Waals surface area contributed by atoms with Crippen molar-refractivity contribution in [1.29, 1.82) is 0 Å². The van der Waals surface area contributed by atoms with Gasteiger partial charge in [0, 0.05) is 31.4 Å². The molecule has 1 aliphatic rings. The molecule has 28 heavy (non-hydrogen) atoms. The van der Waals surface area contributed by atoms with Crippen LogP contribution in [0.15, 0.2) is 35.1 Å². The van der Waals surface area contributed by atoms with Gasteiger partial charge in [-0.3, -0.25) is 9.55 Å². The van der Waals surface area contributed by atoms with E-state index in [1.165, 1.54) is 0 Å². The summed E-state index contributed by atoms with van der Waals surface area (Å²) in [7, 11) is 0. The molecule has 3 N–H and O–H groups in total. The number of pyridine rings is 1. The highest BCUT2D eigenvalue weighted by Crippen LogP contribution is 2.29. The lowest BCUT2D eigenvalue weighted by atomic mass is 10.1. The van der Waals surface area contributed by atoms with Gasteiger partial charge in [-0.1, -0.05) is 31.7 Å². The van der Waals surface area contributed by atoms with Crippen LogP contribution in [-0.4, -0.2) is 33.7 Å². The SMILES string of the molecule is C.[C-]#[N+]c1ccccc1Cn1c(=O)[nH]c2nc(C)cc(N3CCC[C@@H](N)C3)c21. The van der Waals surface area contributed by atoms with Crippen molar-refractivity contribution in [1.82, 2.24) is 14.5 Å². The highest BCUT2D eigenvalue weighted by atomic mass is 16.1. The summed E-state index contributed by atoms with van der Waals surface area (Å²) in [5.74, 6) is 0. The molecule has 146 valence electrons. The van der Waals surface area contributed by atoms with E-state index < -0.39 is 0 Å². The van der Waals surface area contributed by atoms with Crippen LogP contribution in [0.1, 0.15) is 31.5 Å². The van der Waals surface area contributed by atoms with Crippen molar-refractivity contribution >= 4 is 22.5 Å². The molecule has 0 aliphatic carbocycles. The van der Waals surface area contributed by atoms with Gasteiger partial charge < -0.3 is 10.6 Å². The summed E-state index contributed by atoms with van der Waals surface area (Å²) in [6, 6.07) is 9.53. The third-order valence-electron chi connectivity index (χ3n) is 5.08. The van der Waals surface area contributed by atoms with Crippen LogP contribution in [0, 0.1) is 13.5 Å². The van der Waals surface area contributed by atoms with E-state index in [0.29, 0.717) is 17.9 Å². The van der Waals surface area contributed by atoms with Gasteiger partial charge >= 0.3 is 5.69 Å². The molecule has 0 saturated carbocycles. The maximum atomic E-state index is 12.7. The van der Waals surface area contributed by atoms with Crippen molar-refractivity contribution in [3.05, 3.63) is 63.5 Å². The van der Waals surface area contributed by atoms with Gasteiger partial charge in [-0.15, -0.1) is 0 Å². The van der Waals surface area contributed by atoms with Gasteiger partial charge in [-0.2, -0.15) is 0 Å². The van der Waals surface area contributed by atoms with E-state index in [9.17, 15) is 4.79 Å². The van der Waals surface area contributed by atoms with E-state index in [-0.39, 0.29) is 19.2 Å². The van der Waals surface area contributed by atoms with Crippen molar-refractivity contribution in [3.8, 4) is 0 Å². The monoisotopic (exact) mass is 378 g/mol. The Morgan fingerprint density at radius 2 is 2.18 bits per heavy atom. The summed E-state index contributed by atoms with van der Waals surface area (Å²) in [5, 5.41) is 0. The zero-order valence-electron chi connectivity index (χ0n) is 15.3. The minimum absolute atomic E-state index is 0. The number of imidazole rings is 1. The largest absolute Gasteiger partial charge is 0.368 e. The van der Waals surface area contributed by atoms with Crippen LogP contribution in [0.3, 0.4) is 0 Å². The number of nitrogens with one attached hydrogen (secondary N) is 1. The number of anilines is 1. The van der Waals surface area contributed by atoms with Gasteiger partial charge in [0.2, 0.25) is 0 Å². The van der Waals surface area contributed by atoms with Crippen molar-refractivity contribution in [2.45, 2.75) is 39.8 Å². The Morgan fingerprint density at radius 1 is 1.39 bits per heavy atom. The van der Waals surface area contributed by atoms with Gasteiger partial charge in [-0.25, -0.2) is 14.6 Å². The number of nitrogens with two attached hydrogens (primary N) is 1. The molecule has 4 rings (SSSR count). The molecule has 0 bridgehead atoms. The number of nitrogens with zero attached hydrogens (tertiary/aromatic N) is 4. The molecule has 3 heterocycles. The first-order chi connectivity index (χ1) is 13.1. The molecule has 1 aliphatic heterocycles. The standard InChI is InChI=1S/C20H22N6O.CH4/c1-13-10-17(25-9-5-7-15(21)12-25)18-19(23-13)24-20(27)26(18)11-14-6-3-4-8-16(14)22-2;/h3-4,6,8,10,15H,5,7,9,11-12,21H2,1H3,(H,23,24,27);1H4/t15-;/m1./s1. The zero-order chi connectivity index (χ0) is 19.0. The summed E-state index contributed by atoms with van der Waals surface area (Å²) in [6.45, 7) is 11.3. The lowest BCUT2D eigenvalue weighted by Crippen LogP contribution is -2.43. The number of H-pyrrole nitrogens is 1. The topological polar surface area (TPSA) is 84.3 Å². The van der Waals surface area contributed by atoms with Crippen molar-refractivity contribution < 1.29 is 0 Å². The van der Waals surface area contributed by atoms with Crippen LogP contribution in [-0.2, 0) is 6.54 Å². The molecule has 1 saturated heterocycles. The fourth-order valence-corrected chi connectivity index (χ4v) is 3.82. The summed E-state index contributed by atoms with van der Waals surface area (Å²) < 4.78 is 1.68. The Bertz CT molecular complexity index is 1090. The predicted octanol–water partition coefficient (Wildman–Crippen LogP) is 3.20. The summed E-state index contributed by atoms with van der Waals surface area (Å²) in [6.07, 6.45) is 2.04. The number of hydrogen-bond acceptors (Lipinski definition) is 4. The minimum atomic E-state index is -0.217. The van der Waals surface area contributed by atoms with Crippen molar-refractivity contribution in [2.75, 3.05) is 18.0 Å². The average molecular weight is 378 g/mol. The quantitative estimate of drug-likeness (QED) is 0.686. The average Bonchev–Trinajstić information content (AvgIpc) is 2.96. The zero-order valence-corrected chi connectivity index (χ0v) is 15.3. The molecule has 7 heteroatoms. The molecule has 7 nitrogen and oxygen atoms in total. The van der Waals surface area contributed by atoms with E-state index >= 15 is 0 Å². The van der Waals surface area contributed by atoms with E-state index in [2.05, 4.69) is 19.7 Å². The first-order valence-corrected chi connectivity index (χ1v) is 9.13. The lowest BCUT2D eigenvalue weighted by molar-refractivity contribution is 0.506. The fraction of sp³-hybridized carbons (Fsp3) is 0.381. The number of aryl methyl sites for hydroxylation is 1. The lowest BCUT2D eigenvalue weighted by Gasteiger charge is -2.33. The van der Waals surface area contributed by atoms with Gasteiger partial charge in [0.05, 0.1) is 12.3 Å². The van der Waals surface area contributed by atoms with Crippen LogP contribution in [0.25, 0.3) is 16.0 Å². The second-order valence-corrected chi connectivity index (χ2v) is 7.09. The van der Waals surface area contributed by atoms with Crippen LogP contribution in [0.5, 0.6) is 0 Å². The van der Waals surface area contributed by atoms with Crippen LogP contribution in [0.2, 0.25) is 0 Å². The molecule has 3 aromatic rings. The Balaban J connectivity index is 0.00000225. The second kappa shape index (κ2) is 7.87. The number of benzene rings is 1. The third kappa shape index (κ3) is 3.51. The Morgan fingerprint density at radius 3 is 2.93 bits per heavy atom. The number of piperidine rings is 1. The predicted molar refractivity (Wildman–Crippen MR) is 113 cm³/mol. The molecule has 0 amide bonds. The first kappa shape index (κ1) is 19.6. The van der Waals surface area contributed by atoms with E-state index in [1.54, 1.807) is 10.6 Å². The number of hydrogen-bond donors (Lipinski definition) is 2. The number of rotatable bonds is 3. The normalized spacial score (nSPS) is 16.6.